The van der Waals surface area contributed by atoms with Crippen molar-refractivity contribution >= 4 is 11.7 Å². The predicted octanol–water partition coefficient (Wildman–Crippen LogP) is 2.31. The first kappa shape index (κ1) is 17.6. The van der Waals surface area contributed by atoms with E-state index in [4.69, 9.17) is 5.11 Å². The van der Waals surface area contributed by atoms with Gasteiger partial charge in [-0.05, 0) is 23.1 Å². The van der Waals surface area contributed by atoms with Crippen molar-refractivity contribution in [2.75, 3.05) is 25.0 Å². The lowest BCUT2D eigenvalue weighted by atomic mass is 10.1. The summed E-state index contributed by atoms with van der Waals surface area (Å²) in [6, 6.07) is 4.71. The molecule has 128 valence electrons. The maximum absolute atomic E-state index is 12.5. The summed E-state index contributed by atoms with van der Waals surface area (Å²) in [6.45, 7) is 1.47. The summed E-state index contributed by atoms with van der Waals surface area (Å²) in [6.07, 6.45) is -4.24. The largest absolute Gasteiger partial charge is 0.401 e. The van der Waals surface area contributed by atoms with E-state index >= 15 is 0 Å². The molecule has 8 heteroatoms. The Hall–Kier alpha value is -1.80. The van der Waals surface area contributed by atoms with Gasteiger partial charge in [0.25, 0.3) is 0 Å². The SMILES string of the molecule is C[C@H](CO)CNC(=O)Nc1cccc2c1CN(CC(F)(F)F)C2. The summed E-state index contributed by atoms with van der Waals surface area (Å²) in [5.74, 6) is -0.0653. The van der Waals surface area contributed by atoms with Gasteiger partial charge >= 0.3 is 12.2 Å². The van der Waals surface area contributed by atoms with Crippen molar-refractivity contribution in [3.8, 4) is 0 Å². The van der Waals surface area contributed by atoms with Gasteiger partial charge in [-0.1, -0.05) is 19.1 Å². The zero-order chi connectivity index (χ0) is 17.0. The molecule has 0 bridgehead atoms. The molecule has 1 heterocycles. The third-order valence-corrected chi connectivity index (χ3v) is 3.62. The van der Waals surface area contributed by atoms with E-state index in [1.807, 2.05) is 0 Å². The van der Waals surface area contributed by atoms with Crippen LogP contribution in [0.5, 0.6) is 0 Å². The van der Waals surface area contributed by atoms with Crippen molar-refractivity contribution in [2.45, 2.75) is 26.2 Å². The second-order valence-electron chi connectivity index (χ2n) is 5.83. The molecule has 1 aliphatic rings. The number of aliphatic hydroxyl groups is 1. The standard InChI is InChI=1S/C15H20F3N3O2/c1-10(8-22)5-19-14(23)20-13-4-2-3-11-6-21(7-12(11)13)9-15(16,17)18/h2-4,10,22H,5-9H2,1H3,(H2,19,20,23)/t10-/m0/s1. The van der Waals surface area contributed by atoms with Crippen molar-refractivity contribution in [3.63, 3.8) is 0 Å². The average Bonchev–Trinajstić information content (AvgIpc) is 2.86. The molecule has 0 radical (unpaired) electrons. The molecular formula is C15H20F3N3O2. The van der Waals surface area contributed by atoms with Gasteiger partial charge in [0.15, 0.2) is 0 Å². The predicted molar refractivity (Wildman–Crippen MR) is 79.9 cm³/mol. The topological polar surface area (TPSA) is 64.6 Å². The minimum atomic E-state index is -4.24. The molecular weight excluding hydrogens is 311 g/mol. The van der Waals surface area contributed by atoms with Gasteiger partial charge < -0.3 is 15.7 Å². The van der Waals surface area contributed by atoms with E-state index in [-0.39, 0.29) is 25.6 Å². The molecule has 0 saturated heterocycles. The molecule has 0 aromatic heterocycles. The number of alkyl halides is 3. The molecule has 3 N–H and O–H groups in total. The number of nitrogens with one attached hydrogen (secondary N) is 2. The molecule has 0 spiro atoms. The molecule has 2 amide bonds. The second kappa shape index (κ2) is 7.18. The molecule has 23 heavy (non-hydrogen) atoms. The zero-order valence-electron chi connectivity index (χ0n) is 12.8. The van der Waals surface area contributed by atoms with Crippen LogP contribution >= 0.6 is 0 Å². The van der Waals surface area contributed by atoms with E-state index < -0.39 is 18.8 Å². The number of aliphatic hydroxyl groups excluding tert-OH is 1. The quantitative estimate of drug-likeness (QED) is 0.776. The summed E-state index contributed by atoms with van der Waals surface area (Å²) < 4.78 is 37.5. The molecule has 1 aromatic carbocycles. The lowest BCUT2D eigenvalue weighted by molar-refractivity contribution is -0.146. The number of carbonyl (C=O) groups is 1. The molecule has 1 aliphatic heterocycles. The van der Waals surface area contributed by atoms with Gasteiger partial charge in [0.1, 0.15) is 0 Å². The Morgan fingerprint density at radius 3 is 2.78 bits per heavy atom. The molecule has 0 unspecified atom stereocenters. The van der Waals surface area contributed by atoms with Gasteiger partial charge in [-0.3, -0.25) is 4.90 Å². The van der Waals surface area contributed by atoms with Gasteiger partial charge in [-0.15, -0.1) is 0 Å². The normalized spacial score (nSPS) is 16.0. The molecule has 0 saturated carbocycles. The third kappa shape index (κ3) is 5.11. The van der Waals surface area contributed by atoms with Crippen LogP contribution in [0.3, 0.4) is 0 Å². The Morgan fingerprint density at radius 2 is 2.13 bits per heavy atom. The number of hydrogen-bond donors (Lipinski definition) is 3. The Labute approximate surface area is 132 Å². The van der Waals surface area contributed by atoms with Crippen LogP contribution in [0.1, 0.15) is 18.1 Å². The highest BCUT2D eigenvalue weighted by Crippen LogP contribution is 2.31. The minimum Gasteiger partial charge on any atom is -0.396 e. The maximum Gasteiger partial charge on any atom is 0.401 e. The third-order valence-electron chi connectivity index (χ3n) is 3.62. The lowest BCUT2D eigenvalue weighted by Crippen LogP contribution is -2.33. The van der Waals surface area contributed by atoms with Gasteiger partial charge in [-0.2, -0.15) is 13.2 Å². The van der Waals surface area contributed by atoms with Crippen molar-refractivity contribution < 1.29 is 23.1 Å². The Morgan fingerprint density at radius 1 is 1.39 bits per heavy atom. The first-order valence-electron chi connectivity index (χ1n) is 7.34. The molecule has 0 aliphatic carbocycles. The summed E-state index contributed by atoms with van der Waals surface area (Å²) in [4.78, 5) is 13.1. The minimum absolute atomic E-state index is 0.0343. The van der Waals surface area contributed by atoms with Crippen molar-refractivity contribution in [1.82, 2.24) is 10.2 Å². The van der Waals surface area contributed by atoms with Crippen LogP contribution in [0.4, 0.5) is 23.7 Å². The van der Waals surface area contributed by atoms with Crippen LogP contribution < -0.4 is 10.6 Å². The number of carbonyl (C=O) groups excluding carboxylic acids is 1. The molecule has 0 fully saturated rings. The van der Waals surface area contributed by atoms with Crippen LogP contribution in [0.25, 0.3) is 0 Å². The Balaban J connectivity index is 1.99. The average molecular weight is 331 g/mol. The number of halogens is 3. The summed E-state index contributed by atoms with van der Waals surface area (Å²) >= 11 is 0. The first-order valence-corrected chi connectivity index (χ1v) is 7.34. The van der Waals surface area contributed by atoms with Crippen molar-refractivity contribution in [1.29, 1.82) is 0 Å². The Kier molecular flexibility index (Phi) is 5.48. The second-order valence-corrected chi connectivity index (χ2v) is 5.83. The lowest BCUT2D eigenvalue weighted by Gasteiger charge is -2.17. The van der Waals surface area contributed by atoms with E-state index in [0.29, 0.717) is 17.8 Å². The summed E-state index contributed by atoms with van der Waals surface area (Å²) in [7, 11) is 0. The van der Waals surface area contributed by atoms with E-state index in [2.05, 4.69) is 10.6 Å². The summed E-state index contributed by atoms with van der Waals surface area (Å²) in [5, 5.41) is 14.2. The fraction of sp³-hybridized carbons (Fsp3) is 0.533. The molecule has 2 rings (SSSR count). The maximum atomic E-state index is 12.5. The zero-order valence-corrected chi connectivity index (χ0v) is 12.8. The smallest absolute Gasteiger partial charge is 0.396 e. The van der Waals surface area contributed by atoms with Crippen molar-refractivity contribution in [3.05, 3.63) is 29.3 Å². The molecule has 1 atom stereocenters. The Bertz CT molecular complexity index is 563. The number of hydrogen-bond acceptors (Lipinski definition) is 3. The van der Waals surface area contributed by atoms with Gasteiger partial charge in [0.05, 0.1) is 6.54 Å². The fourth-order valence-electron chi connectivity index (χ4n) is 2.47. The van der Waals surface area contributed by atoms with E-state index in [9.17, 15) is 18.0 Å². The van der Waals surface area contributed by atoms with Crippen LogP contribution in [-0.2, 0) is 13.1 Å². The molecule has 1 aromatic rings. The monoisotopic (exact) mass is 331 g/mol. The van der Waals surface area contributed by atoms with E-state index in [1.54, 1.807) is 25.1 Å². The van der Waals surface area contributed by atoms with Crippen LogP contribution in [0.15, 0.2) is 18.2 Å². The fourth-order valence-corrected chi connectivity index (χ4v) is 2.47. The number of benzene rings is 1. The molecule has 5 nitrogen and oxygen atoms in total. The van der Waals surface area contributed by atoms with E-state index in [0.717, 1.165) is 5.56 Å². The highest BCUT2D eigenvalue weighted by Gasteiger charge is 2.34. The van der Waals surface area contributed by atoms with Gasteiger partial charge in [-0.25, -0.2) is 4.79 Å². The van der Waals surface area contributed by atoms with Crippen LogP contribution in [0.2, 0.25) is 0 Å². The summed E-state index contributed by atoms with van der Waals surface area (Å²) in [5.41, 5.74) is 2.01. The number of rotatable bonds is 5. The van der Waals surface area contributed by atoms with Crippen LogP contribution in [-0.4, -0.2) is 41.9 Å². The van der Waals surface area contributed by atoms with Gasteiger partial charge in [0, 0.05) is 31.9 Å². The van der Waals surface area contributed by atoms with Crippen molar-refractivity contribution in [2.24, 2.45) is 5.92 Å². The highest BCUT2D eigenvalue weighted by molar-refractivity contribution is 5.90. The highest BCUT2D eigenvalue weighted by atomic mass is 19.4. The number of amides is 2. The number of urea groups is 1. The van der Waals surface area contributed by atoms with Crippen LogP contribution in [0, 0.1) is 5.92 Å². The number of fused-ring (bicyclic) bond motifs is 1. The number of anilines is 1. The van der Waals surface area contributed by atoms with E-state index in [1.165, 1.54) is 4.90 Å². The first-order chi connectivity index (χ1) is 10.8. The number of nitrogens with zero attached hydrogens (tertiary/aromatic N) is 1. The van der Waals surface area contributed by atoms with Gasteiger partial charge in [0.2, 0.25) is 0 Å².